The minimum Gasteiger partial charge on any atom is -2.00 e. The zero-order valence-corrected chi connectivity index (χ0v) is 24.0. The predicted octanol–water partition coefficient (Wildman–Crippen LogP) is -2.10. The molecule has 0 heterocycles. The monoisotopic (exact) mass is 727 g/mol. The van der Waals surface area contributed by atoms with Gasteiger partial charge in [-0.3, -0.25) is 0 Å². The first-order chi connectivity index (χ1) is 0. The largest absolute Gasteiger partial charge is 5.00 e. The Labute approximate surface area is 228 Å². The fourth-order valence-corrected chi connectivity index (χ4v) is 0. The average molecular weight is 726 g/mol. The molecule has 64 valence electrons. The molecular weight excluding hydrogens is 726 g/mol. The van der Waals surface area contributed by atoms with E-state index in [0.29, 0.717) is 0 Å². The maximum atomic E-state index is 0. The van der Waals surface area contributed by atoms with Gasteiger partial charge in [-0.05, 0) is 0 Å². The fraction of sp³-hybridized carbons (Fsp3) is 0. The van der Waals surface area contributed by atoms with Crippen molar-refractivity contribution in [3.8, 4) is 0 Å². The zero-order valence-electron chi connectivity index (χ0n) is 6.28. The number of hydrogen-bond donors (Lipinski definition) is 0. The summed E-state index contributed by atoms with van der Waals surface area (Å²) in [4.78, 5) is 0. The second-order valence-electron chi connectivity index (χ2n) is 0. The molecule has 0 aliphatic rings. The Morgan fingerprint density at radius 1 is 0.231 bits per heavy atom. The Balaban J connectivity index is 0. The van der Waals surface area contributed by atoms with Gasteiger partial charge in [0.1, 0.15) is 0 Å². The molecule has 0 spiro atoms. The molecule has 0 unspecified atom stereocenters. The van der Waals surface area contributed by atoms with Crippen molar-refractivity contribution in [1.82, 2.24) is 0 Å². The van der Waals surface area contributed by atoms with Crippen LogP contribution in [0, 0.1) is 0 Å². The second kappa shape index (κ2) is 147. The van der Waals surface area contributed by atoms with Gasteiger partial charge in [0.25, 0.3) is 0 Å². The van der Waals surface area contributed by atoms with E-state index in [1.54, 1.807) is 0 Å². The van der Waals surface area contributed by atoms with E-state index in [2.05, 4.69) is 0 Å². The van der Waals surface area contributed by atoms with Gasteiger partial charge in [-0.2, -0.15) is 0 Å². The molecule has 0 aliphatic carbocycles. The first kappa shape index (κ1) is 175. The van der Waals surface area contributed by atoms with Gasteiger partial charge in [-0.1, -0.05) is 0 Å². The Hall–Kier alpha value is 5.87. The smallest absolute Gasteiger partial charge is 2.00 e. The van der Waals surface area contributed by atoms with Crippen LogP contribution in [-0.2, 0) is 88.6 Å². The van der Waals surface area contributed by atoms with Gasteiger partial charge in [-0.25, -0.2) is 0 Å². The summed E-state index contributed by atoms with van der Waals surface area (Å²) in [7, 11) is 0. The normalized spacial score (nSPS) is 0. The van der Waals surface area contributed by atoms with Crippen molar-refractivity contribution in [2.75, 3.05) is 0 Å². The van der Waals surface area contributed by atoms with Crippen LogP contribution in [0.2, 0.25) is 0 Å². The molecule has 8 nitrogen and oxygen atoms in total. The molecule has 0 rings (SSSR count). The maximum Gasteiger partial charge on any atom is 5.00 e. The van der Waals surface area contributed by atoms with Gasteiger partial charge >= 0.3 is 191 Å². The third-order valence-corrected chi connectivity index (χ3v) is 0. The first-order valence-corrected chi connectivity index (χ1v) is 0. The second-order valence-corrected chi connectivity index (χ2v) is 0. The summed E-state index contributed by atoms with van der Waals surface area (Å²) in [6.07, 6.45) is 0. The van der Waals surface area contributed by atoms with Crippen LogP contribution in [0.25, 0.3) is 0 Å². The van der Waals surface area contributed by atoms with Gasteiger partial charge in [0, 0.05) is 0 Å². The van der Waals surface area contributed by atoms with Crippen LogP contribution >= 0.6 is 0 Å². The molecule has 0 aromatic carbocycles. The van der Waals surface area contributed by atoms with Crippen LogP contribution in [0.1, 0.15) is 0 Å². The molecular formula is Ba3Nb2O8. The van der Waals surface area contributed by atoms with E-state index < -0.39 is 0 Å². The maximum absolute atomic E-state index is 0. The van der Waals surface area contributed by atoms with E-state index in [-0.39, 0.29) is 235 Å². The molecule has 0 atom stereocenters. The zero-order chi connectivity index (χ0) is 0. The van der Waals surface area contributed by atoms with E-state index in [9.17, 15) is 0 Å². The molecule has 0 saturated carbocycles. The molecule has 0 amide bonds. The van der Waals surface area contributed by atoms with Gasteiger partial charge in [0.2, 0.25) is 0 Å². The molecule has 0 saturated heterocycles. The molecule has 13 heteroatoms. The van der Waals surface area contributed by atoms with Gasteiger partial charge < -0.3 is 43.8 Å². The summed E-state index contributed by atoms with van der Waals surface area (Å²) >= 11 is 0. The van der Waals surface area contributed by atoms with Crippen molar-refractivity contribution in [3.63, 3.8) is 0 Å². The standard InChI is InChI=1S/3Ba.2Nb.8O/q3*+2;2*+5;8*-2. The Bertz CT molecular complexity index is 17.4. The number of hydrogen-bond acceptors (Lipinski definition) is 0. The Morgan fingerprint density at radius 2 is 0.231 bits per heavy atom. The molecule has 0 radical (unpaired) electrons. The first-order valence-electron chi connectivity index (χ1n) is 0. The SMILES string of the molecule is [Ba+2].[Ba+2].[Ba+2].[Nb+5].[Nb+5].[O-2].[O-2].[O-2].[O-2].[O-2].[O-2].[O-2].[O-2]. The molecule has 0 fully saturated rings. The third-order valence-electron chi connectivity index (χ3n) is 0. The summed E-state index contributed by atoms with van der Waals surface area (Å²) in [5.41, 5.74) is 0. The molecule has 0 aromatic heterocycles. The fourth-order valence-electron chi connectivity index (χ4n) is 0. The molecule has 13 heavy (non-hydrogen) atoms. The summed E-state index contributed by atoms with van der Waals surface area (Å²) in [6.45, 7) is 0. The topological polar surface area (TPSA) is 228 Å². The van der Waals surface area contributed by atoms with Crippen molar-refractivity contribution in [3.05, 3.63) is 0 Å². The Kier molecular flexibility index (Phi) is 1980. The minimum atomic E-state index is 0. The van der Waals surface area contributed by atoms with Crippen LogP contribution in [0.15, 0.2) is 0 Å². The molecule has 0 aromatic rings. The summed E-state index contributed by atoms with van der Waals surface area (Å²) in [5, 5.41) is 0. The number of rotatable bonds is 0. The van der Waals surface area contributed by atoms with E-state index in [4.69, 9.17) is 0 Å². The van der Waals surface area contributed by atoms with Gasteiger partial charge in [0.05, 0.1) is 0 Å². The van der Waals surface area contributed by atoms with Crippen molar-refractivity contribution in [2.24, 2.45) is 0 Å². The summed E-state index contributed by atoms with van der Waals surface area (Å²) in [5.74, 6) is 0. The van der Waals surface area contributed by atoms with Crippen LogP contribution in [0.3, 0.4) is 0 Å². The summed E-state index contributed by atoms with van der Waals surface area (Å²) in [6, 6.07) is 0. The molecule has 0 aliphatic heterocycles. The average Bonchev–Trinajstić information content (AvgIpc) is 0. The van der Waals surface area contributed by atoms with E-state index in [0.717, 1.165) is 0 Å². The summed E-state index contributed by atoms with van der Waals surface area (Å²) < 4.78 is 0. The van der Waals surface area contributed by atoms with E-state index >= 15 is 0 Å². The van der Waals surface area contributed by atoms with Crippen LogP contribution in [0.4, 0.5) is 0 Å². The van der Waals surface area contributed by atoms with Crippen molar-refractivity contribution < 1.29 is 88.6 Å². The minimum absolute atomic E-state index is 0. The predicted molar refractivity (Wildman–Crippen MR) is 22.8 cm³/mol. The van der Waals surface area contributed by atoms with Crippen LogP contribution in [0.5, 0.6) is 0 Å². The van der Waals surface area contributed by atoms with E-state index in [1.807, 2.05) is 0 Å². The Morgan fingerprint density at radius 3 is 0.231 bits per heavy atom. The van der Waals surface area contributed by atoms with Crippen LogP contribution in [-0.4, -0.2) is 147 Å². The third kappa shape index (κ3) is 131. The van der Waals surface area contributed by atoms with Gasteiger partial charge in [0.15, 0.2) is 0 Å². The molecule has 0 bridgehead atoms. The van der Waals surface area contributed by atoms with Crippen LogP contribution < -0.4 is 0 Å². The molecule has 0 N–H and O–H groups in total. The van der Waals surface area contributed by atoms with Crippen molar-refractivity contribution in [1.29, 1.82) is 0 Å². The van der Waals surface area contributed by atoms with Crippen molar-refractivity contribution >= 4 is 147 Å². The van der Waals surface area contributed by atoms with Crippen molar-refractivity contribution in [2.45, 2.75) is 0 Å². The van der Waals surface area contributed by atoms with E-state index in [1.165, 1.54) is 0 Å². The quantitative estimate of drug-likeness (QED) is 0.245. The van der Waals surface area contributed by atoms with Gasteiger partial charge in [-0.15, -0.1) is 0 Å².